The molecule has 0 fully saturated rings. The lowest BCUT2D eigenvalue weighted by molar-refractivity contribution is -0.140. The molecule has 0 bridgehead atoms. The van der Waals surface area contributed by atoms with Gasteiger partial charge < -0.3 is 10.1 Å². The van der Waals surface area contributed by atoms with E-state index < -0.39 is 0 Å². The van der Waals surface area contributed by atoms with Crippen LogP contribution in [0.25, 0.3) is 0 Å². The third-order valence-electron chi connectivity index (χ3n) is 2.34. The van der Waals surface area contributed by atoms with Gasteiger partial charge in [-0.1, -0.05) is 0 Å². The van der Waals surface area contributed by atoms with E-state index in [1.807, 2.05) is 18.5 Å². The minimum Gasteiger partial charge on any atom is -0.469 e. The number of aryl methyl sites for hydroxylation is 2. The van der Waals surface area contributed by atoms with Gasteiger partial charge in [0.25, 0.3) is 0 Å². The summed E-state index contributed by atoms with van der Waals surface area (Å²) in [6.07, 6.45) is 0.410. The Morgan fingerprint density at radius 3 is 2.81 bits per heavy atom. The van der Waals surface area contributed by atoms with Crippen LogP contribution in [0.1, 0.15) is 17.8 Å². The predicted octanol–water partition coefficient (Wildman–Crippen LogP) is 0.653. The molecule has 0 aliphatic heterocycles. The Morgan fingerprint density at radius 1 is 1.50 bits per heavy atom. The number of ether oxygens (including phenoxy) is 1. The summed E-state index contributed by atoms with van der Waals surface area (Å²) in [5.74, 6) is -0.182. The summed E-state index contributed by atoms with van der Waals surface area (Å²) in [4.78, 5) is 10.8. The Labute approximate surface area is 95.8 Å². The van der Waals surface area contributed by atoms with Crippen molar-refractivity contribution in [3.05, 3.63) is 17.5 Å². The minimum atomic E-state index is -0.182. The molecule has 0 amide bonds. The van der Waals surface area contributed by atoms with Gasteiger partial charge in [0.1, 0.15) is 0 Å². The number of nitrogens with zero attached hydrogens (tertiary/aromatic N) is 2. The molecule has 0 saturated carbocycles. The van der Waals surface area contributed by atoms with E-state index in [0.717, 1.165) is 24.5 Å². The van der Waals surface area contributed by atoms with Crippen LogP contribution in [0.3, 0.4) is 0 Å². The molecule has 0 unspecified atom stereocenters. The second kappa shape index (κ2) is 6.27. The van der Waals surface area contributed by atoms with Crippen molar-refractivity contribution in [1.29, 1.82) is 0 Å². The number of carbonyl (C=O) groups is 1. The van der Waals surface area contributed by atoms with Crippen LogP contribution < -0.4 is 5.32 Å². The van der Waals surface area contributed by atoms with Gasteiger partial charge in [-0.2, -0.15) is 5.10 Å². The zero-order chi connectivity index (χ0) is 12.0. The van der Waals surface area contributed by atoms with Gasteiger partial charge >= 0.3 is 5.97 Å². The normalized spacial score (nSPS) is 10.4. The Hall–Kier alpha value is -1.36. The number of esters is 1. The highest BCUT2D eigenvalue weighted by atomic mass is 16.5. The number of aromatic nitrogens is 2. The highest BCUT2D eigenvalue weighted by Crippen LogP contribution is 2.00. The third-order valence-corrected chi connectivity index (χ3v) is 2.34. The Balaban J connectivity index is 2.16. The maximum Gasteiger partial charge on any atom is 0.306 e. The summed E-state index contributed by atoms with van der Waals surface area (Å²) in [6, 6.07) is 2.05. The Kier molecular flexibility index (Phi) is 4.98. The zero-order valence-corrected chi connectivity index (χ0v) is 10.1. The van der Waals surface area contributed by atoms with Crippen molar-refractivity contribution in [3.63, 3.8) is 0 Å². The third kappa shape index (κ3) is 4.02. The van der Waals surface area contributed by atoms with Gasteiger partial charge in [0.15, 0.2) is 0 Å². The predicted molar refractivity (Wildman–Crippen MR) is 61.2 cm³/mol. The van der Waals surface area contributed by atoms with Crippen LogP contribution in [-0.2, 0) is 16.1 Å². The van der Waals surface area contributed by atoms with Gasteiger partial charge in [0.2, 0.25) is 0 Å². The maximum atomic E-state index is 10.8. The first-order valence-electron chi connectivity index (χ1n) is 5.42. The van der Waals surface area contributed by atoms with Crippen LogP contribution in [-0.4, -0.2) is 35.9 Å². The lowest BCUT2D eigenvalue weighted by atomic mass is 10.4. The first-order valence-corrected chi connectivity index (χ1v) is 5.42. The molecule has 0 atom stereocenters. The SMILES string of the molecule is COC(=O)CCNCCn1nc(C)cc1C. The number of methoxy groups -OCH3 is 1. The van der Waals surface area contributed by atoms with Gasteiger partial charge in [-0.05, 0) is 19.9 Å². The van der Waals surface area contributed by atoms with E-state index in [4.69, 9.17) is 0 Å². The molecule has 0 saturated heterocycles. The fourth-order valence-corrected chi connectivity index (χ4v) is 1.50. The van der Waals surface area contributed by atoms with Crippen LogP contribution in [0.5, 0.6) is 0 Å². The lowest BCUT2D eigenvalue weighted by Crippen LogP contribution is -2.24. The zero-order valence-electron chi connectivity index (χ0n) is 10.1. The fourth-order valence-electron chi connectivity index (χ4n) is 1.50. The monoisotopic (exact) mass is 225 g/mol. The van der Waals surface area contributed by atoms with Crippen molar-refractivity contribution in [3.8, 4) is 0 Å². The molecular formula is C11H19N3O2. The van der Waals surface area contributed by atoms with Crippen LogP contribution in [0.4, 0.5) is 0 Å². The molecule has 0 aliphatic carbocycles. The Bertz CT molecular complexity index is 347. The molecule has 1 heterocycles. The summed E-state index contributed by atoms with van der Waals surface area (Å²) in [5.41, 5.74) is 2.19. The van der Waals surface area contributed by atoms with Crippen LogP contribution in [0.2, 0.25) is 0 Å². The molecule has 1 N–H and O–H groups in total. The summed E-state index contributed by atoms with van der Waals surface area (Å²) < 4.78 is 6.50. The van der Waals surface area contributed by atoms with Crippen LogP contribution in [0.15, 0.2) is 6.07 Å². The van der Waals surface area contributed by atoms with E-state index in [2.05, 4.69) is 21.2 Å². The van der Waals surface area contributed by atoms with E-state index in [1.54, 1.807) is 0 Å². The topological polar surface area (TPSA) is 56.1 Å². The molecule has 1 aromatic rings. The van der Waals surface area contributed by atoms with Crippen LogP contribution in [0, 0.1) is 13.8 Å². The molecule has 1 rings (SSSR count). The van der Waals surface area contributed by atoms with E-state index in [9.17, 15) is 4.79 Å². The first-order chi connectivity index (χ1) is 7.63. The van der Waals surface area contributed by atoms with E-state index in [-0.39, 0.29) is 5.97 Å². The average molecular weight is 225 g/mol. The van der Waals surface area contributed by atoms with E-state index >= 15 is 0 Å². The number of hydrogen-bond donors (Lipinski definition) is 1. The largest absolute Gasteiger partial charge is 0.469 e. The molecule has 16 heavy (non-hydrogen) atoms. The van der Waals surface area contributed by atoms with Gasteiger partial charge in [-0.3, -0.25) is 9.48 Å². The van der Waals surface area contributed by atoms with Crippen molar-refractivity contribution in [2.45, 2.75) is 26.8 Å². The molecular weight excluding hydrogens is 206 g/mol. The Morgan fingerprint density at radius 2 is 2.25 bits per heavy atom. The van der Waals surface area contributed by atoms with E-state index in [1.165, 1.54) is 7.11 Å². The van der Waals surface area contributed by atoms with Crippen molar-refractivity contribution >= 4 is 5.97 Å². The van der Waals surface area contributed by atoms with Crippen molar-refractivity contribution in [2.24, 2.45) is 0 Å². The average Bonchev–Trinajstić information content (AvgIpc) is 2.56. The second-order valence-corrected chi connectivity index (χ2v) is 3.73. The first kappa shape index (κ1) is 12.7. The highest BCUT2D eigenvalue weighted by molar-refractivity contribution is 5.69. The lowest BCUT2D eigenvalue weighted by Gasteiger charge is -2.05. The molecule has 5 heteroatoms. The maximum absolute atomic E-state index is 10.8. The summed E-state index contributed by atoms with van der Waals surface area (Å²) >= 11 is 0. The van der Waals surface area contributed by atoms with Crippen LogP contribution >= 0.6 is 0 Å². The molecule has 0 aliphatic rings. The number of nitrogens with one attached hydrogen (secondary N) is 1. The van der Waals surface area contributed by atoms with Crippen molar-refractivity contribution in [1.82, 2.24) is 15.1 Å². The van der Waals surface area contributed by atoms with Gasteiger partial charge in [0, 0.05) is 18.8 Å². The van der Waals surface area contributed by atoms with E-state index in [0.29, 0.717) is 13.0 Å². The summed E-state index contributed by atoms with van der Waals surface area (Å²) in [7, 11) is 1.40. The number of rotatable bonds is 6. The van der Waals surface area contributed by atoms with Gasteiger partial charge in [-0.25, -0.2) is 0 Å². The summed E-state index contributed by atoms with van der Waals surface area (Å²) in [5, 5.41) is 7.52. The highest BCUT2D eigenvalue weighted by Gasteiger charge is 2.01. The summed E-state index contributed by atoms with van der Waals surface area (Å²) in [6.45, 7) is 6.29. The molecule has 0 radical (unpaired) electrons. The van der Waals surface area contributed by atoms with Gasteiger partial charge in [0.05, 0.1) is 25.8 Å². The quantitative estimate of drug-likeness (QED) is 0.570. The standard InChI is InChI=1S/C11H19N3O2/c1-9-8-10(2)14(13-9)7-6-12-5-4-11(15)16-3/h8,12H,4-7H2,1-3H3. The number of hydrogen-bond acceptors (Lipinski definition) is 4. The molecule has 0 aromatic carbocycles. The number of carbonyl (C=O) groups excluding carboxylic acids is 1. The molecule has 0 spiro atoms. The fraction of sp³-hybridized carbons (Fsp3) is 0.636. The molecule has 5 nitrogen and oxygen atoms in total. The smallest absolute Gasteiger partial charge is 0.306 e. The van der Waals surface area contributed by atoms with Gasteiger partial charge in [-0.15, -0.1) is 0 Å². The van der Waals surface area contributed by atoms with Crippen molar-refractivity contribution in [2.75, 3.05) is 20.2 Å². The minimum absolute atomic E-state index is 0.182. The molecule has 90 valence electrons. The van der Waals surface area contributed by atoms with Crippen molar-refractivity contribution < 1.29 is 9.53 Å². The molecule has 1 aromatic heterocycles. The second-order valence-electron chi connectivity index (χ2n) is 3.73.